The summed E-state index contributed by atoms with van der Waals surface area (Å²) in [5, 5.41) is 15.0. The second kappa shape index (κ2) is 4.94. The minimum atomic E-state index is -0.0760. The Labute approximate surface area is 126 Å². The van der Waals surface area contributed by atoms with Gasteiger partial charge in [0, 0.05) is 11.9 Å². The Bertz CT molecular complexity index is 835. The van der Waals surface area contributed by atoms with Gasteiger partial charge in [0.15, 0.2) is 11.5 Å². The van der Waals surface area contributed by atoms with Crippen LogP contribution in [-0.4, -0.2) is 42.7 Å². The predicted octanol–water partition coefficient (Wildman–Crippen LogP) is 1.97. The van der Waals surface area contributed by atoms with Crippen LogP contribution in [0.25, 0.3) is 10.9 Å². The van der Waals surface area contributed by atoms with E-state index in [-0.39, 0.29) is 11.9 Å². The van der Waals surface area contributed by atoms with Gasteiger partial charge < -0.3 is 4.90 Å². The van der Waals surface area contributed by atoms with E-state index in [9.17, 15) is 4.79 Å². The molecular formula is C15H16N6O. The number of aryl methyl sites for hydroxylation is 1. The Kier molecular flexibility index (Phi) is 2.92. The van der Waals surface area contributed by atoms with E-state index < -0.39 is 0 Å². The van der Waals surface area contributed by atoms with Gasteiger partial charge in [-0.3, -0.25) is 15.0 Å². The van der Waals surface area contributed by atoms with Crippen LogP contribution in [0.1, 0.15) is 41.0 Å². The molecule has 0 bridgehead atoms. The van der Waals surface area contributed by atoms with Crippen LogP contribution in [0, 0.1) is 6.92 Å². The Morgan fingerprint density at radius 1 is 1.27 bits per heavy atom. The average Bonchev–Trinajstić information content (AvgIpc) is 3.25. The molecule has 2 aromatic heterocycles. The molecule has 1 atom stereocenters. The van der Waals surface area contributed by atoms with Gasteiger partial charge in [0.05, 0.1) is 11.6 Å². The van der Waals surface area contributed by atoms with E-state index in [1.54, 1.807) is 0 Å². The number of para-hydroxylation sites is 1. The van der Waals surface area contributed by atoms with Crippen molar-refractivity contribution in [3.8, 4) is 0 Å². The summed E-state index contributed by atoms with van der Waals surface area (Å²) in [5.74, 6) is 1.38. The van der Waals surface area contributed by atoms with Crippen molar-refractivity contribution in [2.75, 3.05) is 6.54 Å². The van der Waals surface area contributed by atoms with E-state index in [2.05, 4.69) is 25.4 Å². The van der Waals surface area contributed by atoms with Crippen molar-refractivity contribution in [2.24, 2.45) is 0 Å². The summed E-state index contributed by atoms with van der Waals surface area (Å²) < 4.78 is 0. The molecule has 1 saturated heterocycles. The van der Waals surface area contributed by atoms with E-state index >= 15 is 0 Å². The molecule has 1 aliphatic heterocycles. The van der Waals surface area contributed by atoms with Crippen LogP contribution in [-0.2, 0) is 0 Å². The molecule has 0 aliphatic carbocycles. The first-order valence-electron chi connectivity index (χ1n) is 7.37. The molecule has 1 aromatic carbocycles. The summed E-state index contributed by atoms with van der Waals surface area (Å²) in [4.78, 5) is 19.1. The molecule has 22 heavy (non-hydrogen) atoms. The largest absolute Gasteiger partial charge is 0.327 e. The molecular weight excluding hydrogens is 280 g/mol. The van der Waals surface area contributed by atoms with Crippen LogP contribution >= 0.6 is 0 Å². The zero-order chi connectivity index (χ0) is 15.1. The van der Waals surface area contributed by atoms with Crippen LogP contribution in [0.3, 0.4) is 0 Å². The molecule has 7 heteroatoms. The average molecular weight is 296 g/mol. The molecule has 0 spiro atoms. The van der Waals surface area contributed by atoms with Gasteiger partial charge in [0.2, 0.25) is 0 Å². The number of likely N-dealkylation sites (tertiary alicyclic amines) is 1. The van der Waals surface area contributed by atoms with Crippen LogP contribution in [0.4, 0.5) is 0 Å². The van der Waals surface area contributed by atoms with Crippen molar-refractivity contribution in [1.82, 2.24) is 30.3 Å². The van der Waals surface area contributed by atoms with Gasteiger partial charge in [-0.25, -0.2) is 4.98 Å². The molecule has 1 amide bonds. The Morgan fingerprint density at radius 3 is 2.95 bits per heavy atom. The number of benzene rings is 1. The number of hydrogen-bond acceptors (Lipinski definition) is 4. The standard InChI is InChI=1S/C15H16N6O/c1-9-16-14(20-17-9)12-7-4-8-21(12)15(22)13-10-5-2-3-6-11(10)18-19-13/h2-3,5-6,12H,4,7-8H2,1H3,(H,18,19)(H,16,17,20)/t12-/m0/s1. The minimum absolute atomic E-state index is 0.0672. The number of hydrogen-bond donors (Lipinski definition) is 2. The van der Waals surface area contributed by atoms with Crippen molar-refractivity contribution < 1.29 is 4.79 Å². The number of rotatable bonds is 2. The second-order valence-electron chi connectivity index (χ2n) is 5.55. The van der Waals surface area contributed by atoms with Gasteiger partial charge in [0.25, 0.3) is 5.91 Å². The zero-order valence-electron chi connectivity index (χ0n) is 12.2. The van der Waals surface area contributed by atoms with Crippen molar-refractivity contribution >= 4 is 16.8 Å². The van der Waals surface area contributed by atoms with Gasteiger partial charge in [-0.2, -0.15) is 10.2 Å². The van der Waals surface area contributed by atoms with Crippen molar-refractivity contribution in [1.29, 1.82) is 0 Å². The number of aromatic amines is 2. The smallest absolute Gasteiger partial charge is 0.275 e. The molecule has 1 fully saturated rings. The van der Waals surface area contributed by atoms with E-state index in [1.165, 1.54) is 0 Å². The summed E-state index contributed by atoms with van der Waals surface area (Å²) in [7, 11) is 0. The first kappa shape index (κ1) is 13.0. The van der Waals surface area contributed by atoms with Gasteiger partial charge in [0.1, 0.15) is 5.82 Å². The van der Waals surface area contributed by atoms with E-state index in [1.807, 2.05) is 36.1 Å². The SMILES string of the molecule is Cc1nc([C@@H]2CCCN2C(=O)c2n[nH]c3ccccc23)n[nH]1. The first-order chi connectivity index (χ1) is 10.7. The summed E-state index contributed by atoms with van der Waals surface area (Å²) in [6, 6.07) is 7.58. The molecule has 3 aromatic rings. The fraction of sp³-hybridized carbons (Fsp3) is 0.333. The third-order valence-corrected chi connectivity index (χ3v) is 4.10. The van der Waals surface area contributed by atoms with E-state index in [4.69, 9.17) is 0 Å². The number of carbonyl (C=O) groups is 1. The maximum absolute atomic E-state index is 12.9. The highest BCUT2D eigenvalue weighted by atomic mass is 16.2. The fourth-order valence-electron chi connectivity index (χ4n) is 3.05. The minimum Gasteiger partial charge on any atom is -0.327 e. The third-order valence-electron chi connectivity index (χ3n) is 4.10. The lowest BCUT2D eigenvalue weighted by molar-refractivity contribution is 0.0726. The number of carbonyl (C=O) groups excluding carboxylic acids is 1. The fourth-order valence-corrected chi connectivity index (χ4v) is 3.05. The number of H-pyrrole nitrogens is 2. The van der Waals surface area contributed by atoms with Gasteiger partial charge in [-0.15, -0.1) is 0 Å². The van der Waals surface area contributed by atoms with Crippen LogP contribution < -0.4 is 0 Å². The molecule has 2 N–H and O–H groups in total. The molecule has 112 valence electrons. The second-order valence-corrected chi connectivity index (χ2v) is 5.55. The van der Waals surface area contributed by atoms with Crippen molar-refractivity contribution in [3.63, 3.8) is 0 Å². The molecule has 3 heterocycles. The van der Waals surface area contributed by atoms with Gasteiger partial charge in [-0.05, 0) is 25.8 Å². The number of amides is 1. The van der Waals surface area contributed by atoms with E-state index in [0.717, 1.165) is 29.6 Å². The quantitative estimate of drug-likeness (QED) is 0.756. The Balaban J connectivity index is 1.69. The maximum Gasteiger partial charge on any atom is 0.275 e. The molecule has 0 saturated carbocycles. The monoisotopic (exact) mass is 296 g/mol. The molecule has 7 nitrogen and oxygen atoms in total. The van der Waals surface area contributed by atoms with Crippen molar-refractivity contribution in [2.45, 2.75) is 25.8 Å². The highest BCUT2D eigenvalue weighted by molar-refractivity contribution is 6.04. The maximum atomic E-state index is 12.9. The van der Waals surface area contributed by atoms with Crippen LogP contribution in [0.2, 0.25) is 0 Å². The highest BCUT2D eigenvalue weighted by Crippen LogP contribution is 2.31. The lowest BCUT2D eigenvalue weighted by Crippen LogP contribution is -2.31. The Morgan fingerprint density at radius 2 is 2.14 bits per heavy atom. The highest BCUT2D eigenvalue weighted by Gasteiger charge is 2.34. The third kappa shape index (κ3) is 1.97. The van der Waals surface area contributed by atoms with Crippen molar-refractivity contribution in [3.05, 3.63) is 41.6 Å². The normalized spacial score (nSPS) is 18.2. The summed E-state index contributed by atoms with van der Waals surface area (Å²) >= 11 is 0. The number of nitrogens with one attached hydrogen (secondary N) is 2. The van der Waals surface area contributed by atoms with Gasteiger partial charge >= 0.3 is 0 Å². The number of aromatic nitrogens is 5. The molecule has 4 rings (SSSR count). The zero-order valence-corrected chi connectivity index (χ0v) is 12.2. The first-order valence-corrected chi connectivity index (χ1v) is 7.37. The summed E-state index contributed by atoms with van der Waals surface area (Å²) in [5.41, 5.74) is 1.34. The van der Waals surface area contributed by atoms with Crippen LogP contribution in [0.5, 0.6) is 0 Å². The Hall–Kier alpha value is -2.70. The predicted molar refractivity (Wildman–Crippen MR) is 80.2 cm³/mol. The van der Waals surface area contributed by atoms with Crippen LogP contribution in [0.15, 0.2) is 24.3 Å². The molecule has 0 radical (unpaired) electrons. The summed E-state index contributed by atoms with van der Waals surface area (Å²) in [6.45, 7) is 2.57. The van der Waals surface area contributed by atoms with E-state index in [0.29, 0.717) is 18.1 Å². The molecule has 1 aliphatic rings. The molecule has 0 unspecified atom stereocenters. The lowest BCUT2D eigenvalue weighted by Gasteiger charge is -2.21. The van der Waals surface area contributed by atoms with Gasteiger partial charge in [-0.1, -0.05) is 18.2 Å². The topological polar surface area (TPSA) is 90.6 Å². The number of fused-ring (bicyclic) bond motifs is 1. The summed E-state index contributed by atoms with van der Waals surface area (Å²) in [6.07, 6.45) is 1.83. The number of nitrogens with zero attached hydrogens (tertiary/aromatic N) is 4. The lowest BCUT2D eigenvalue weighted by atomic mass is 10.1.